The molecule has 1 atom stereocenters. The molecule has 0 saturated carbocycles. The average Bonchev–Trinajstić information content (AvgIpc) is 2.70. The van der Waals surface area contributed by atoms with Crippen LogP contribution in [0, 0.1) is 5.92 Å². The molecule has 0 aromatic carbocycles. The van der Waals surface area contributed by atoms with Gasteiger partial charge in [-0.2, -0.15) is 0 Å². The molecule has 0 aliphatic carbocycles. The molecule has 8 heteroatoms. The van der Waals surface area contributed by atoms with Crippen LogP contribution in [-0.4, -0.2) is 33.3 Å². The summed E-state index contributed by atoms with van der Waals surface area (Å²) in [6.45, 7) is 9.65. The van der Waals surface area contributed by atoms with Gasteiger partial charge in [0.05, 0.1) is 17.1 Å². The van der Waals surface area contributed by atoms with Crippen molar-refractivity contribution in [1.29, 1.82) is 0 Å². The standard InChI is InChI=1S/C21H24N4O3S/c1-5-9-28-20(27)15-13(4)23-18-17(16(15)14-7-6-8-22-10-14)19(26)25-21(24-18)29-11-12(2)3/h5-8,10,12,16H,1,9,11H2,2-4H3,(H2,23,24,25,26)/t16-/m0/s1. The highest BCUT2D eigenvalue weighted by Gasteiger charge is 2.36. The normalized spacial score (nSPS) is 15.7. The van der Waals surface area contributed by atoms with Gasteiger partial charge in [0.25, 0.3) is 5.56 Å². The maximum atomic E-state index is 13.0. The highest BCUT2D eigenvalue weighted by molar-refractivity contribution is 7.99. The molecule has 2 aromatic heterocycles. The van der Waals surface area contributed by atoms with Gasteiger partial charge in [-0.25, -0.2) is 9.78 Å². The molecule has 7 nitrogen and oxygen atoms in total. The molecule has 2 aromatic rings. The molecule has 0 bridgehead atoms. The van der Waals surface area contributed by atoms with Crippen LogP contribution in [0.5, 0.6) is 0 Å². The fraction of sp³-hybridized carbons (Fsp3) is 0.333. The van der Waals surface area contributed by atoms with E-state index in [0.29, 0.717) is 33.7 Å². The number of nitrogens with zero attached hydrogens (tertiary/aromatic N) is 2. The number of rotatable bonds is 7. The molecule has 0 radical (unpaired) electrons. The van der Waals surface area contributed by atoms with Crippen LogP contribution in [0.25, 0.3) is 0 Å². The minimum Gasteiger partial charge on any atom is -0.458 e. The predicted molar refractivity (Wildman–Crippen MR) is 114 cm³/mol. The summed E-state index contributed by atoms with van der Waals surface area (Å²) in [6.07, 6.45) is 4.80. The summed E-state index contributed by atoms with van der Waals surface area (Å²) in [5.41, 5.74) is 1.77. The second-order valence-corrected chi connectivity index (χ2v) is 8.12. The van der Waals surface area contributed by atoms with Gasteiger partial charge in [0.1, 0.15) is 12.4 Å². The molecule has 1 aliphatic heterocycles. The van der Waals surface area contributed by atoms with E-state index >= 15 is 0 Å². The molecule has 0 spiro atoms. The van der Waals surface area contributed by atoms with Crippen LogP contribution in [0.1, 0.15) is 37.8 Å². The molecule has 0 amide bonds. The van der Waals surface area contributed by atoms with Crippen LogP contribution in [0.3, 0.4) is 0 Å². The van der Waals surface area contributed by atoms with Gasteiger partial charge in [-0.1, -0.05) is 44.3 Å². The van der Waals surface area contributed by atoms with Gasteiger partial charge in [0, 0.05) is 23.8 Å². The van der Waals surface area contributed by atoms with E-state index < -0.39 is 11.9 Å². The van der Waals surface area contributed by atoms with Crippen LogP contribution in [-0.2, 0) is 9.53 Å². The molecule has 1 aliphatic rings. The van der Waals surface area contributed by atoms with Crippen molar-refractivity contribution in [3.63, 3.8) is 0 Å². The van der Waals surface area contributed by atoms with E-state index in [2.05, 4.69) is 40.7 Å². The molecule has 152 valence electrons. The molecule has 29 heavy (non-hydrogen) atoms. The number of carbonyl (C=O) groups excluding carboxylic acids is 1. The van der Waals surface area contributed by atoms with E-state index in [0.717, 1.165) is 11.3 Å². The number of allylic oxidation sites excluding steroid dienone is 1. The SMILES string of the molecule is C=CCOC(=O)C1=C(C)Nc2nc(SCC(C)C)[nH]c(=O)c2[C@H]1c1cccnc1. The number of fused-ring (bicyclic) bond motifs is 1. The Balaban J connectivity index is 2.12. The lowest BCUT2D eigenvalue weighted by molar-refractivity contribution is -0.138. The lowest BCUT2D eigenvalue weighted by Crippen LogP contribution is -2.31. The van der Waals surface area contributed by atoms with Gasteiger partial charge < -0.3 is 15.0 Å². The molecule has 0 unspecified atom stereocenters. The summed E-state index contributed by atoms with van der Waals surface area (Å²) in [5, 5.41) is 3.67. The molecule has 3 rings (SSSR count). The van der Waals surface area contributed by atoms with E-state index in [-0.39, 0.29) is 12.2 Å². The van der Waals surface area contributed by atoms with E-state index in [1.807, 2.05) is 6.07 Å². The number of carbonyl (C=O) groups is 1. The summed E-state index contributed by atoms with van der Waals surface area (Å²) < 4.78 is 5.28. The smallest absolute Gasteiger partial charge is 0.337 e. The number of aromatic amines is 1. The fourth-order valence-electron chi connectivity index (χ4n) is 3.11. The number of H-pyrrole nitrogens is 1. The number of esters is 1. The maximum absolute atomic E-state index is 13.0. The molecular weight excluding hydrogens is 388 g/mol. The van der Waals surface area contributed by atoms with Crippen molar-refractivity contribution in [2.75, 3.05) is 17.7 Å². The van der Waals surface area contributed by atoms with Crippen LogP contribution >= 0.6 is 11.8 Å². The lowest BCUT2D eigenvalue weighted by Gasteiger charge is -2.28. The third-order valence-electron chi connectivity index (χ3n) is 4.34. The number of hydrogen-bond donors (Lipinski definition) is 2. The summed E-state index contributed by atoms with van der Waals surface area (Å²) in [7, 11) is 0. The van der Waals surface area contributed by atoms with Crippen molar-refractivity contribution >= 4 is 23.5 Å². The van der Waals surface area contributed by atoms with Crippen LogP contribution in [0.4, 0.5) is 5.82 Å². The predicted octanol–water partition coefficient (Wildman–Crippen LogP) is 3.47. The van der Waals surface area contributed by atoms with Gasteiger partial charge in [0.2, 0.25) is 0 Å². The number of hydrogen-bond acceptors (Lipinski definition) is 7. The molecule has 2 N–H and O–H groups in total. The zero-order valence-electron chi connectivity index (χ0n) is 16.7. The van der Waals surface area contributed by atoms with Crippen LogP contribution < -0.4 is 10.9 Å². The first-order chi connectivity index (χ1) is 13.9. The second-order valence-electron chi connectivity index (χ2n) is 7.11. The van der Waals surface area contributed by atoms with Gasteiger partial charge in [0.15, 0.2) is 5.16 Å². The minimum absolute atomic E-state index is 0.0849. The number of pyridine rings is 1. The first-order valence-electron chi connectivity index (χ1n) is 9.35. The van der Waals surface area contributed by atoms with Crippen molar-refractivity contribution in [2.45, 2.75) is 31.8 Å². The fourth-order valence-corrected chi connectivity index (χ4v) is 3.92. The van der Waals surface area contributed by atoms with E-state index in [4.69, 9.17) is 4.74 Å². The zero-order chi connectivity index (χ0) is 21.0. The first-order valence-corrected chi connectivity index (χ1v) is 10.3. The molecule has 0 saturated heterocycles. The van der Waals surface area contributed by atoms with Crippen molar-refractivity contribution in [3.8, 4) is 0 Å². The van der Waals surface area contributed by atoms with Gasteiger partial charge in [-0.15, -0.1) is 0 Å². The molecule has 3 heterocycles. The minimum atomic E-state index is -0.627. The Kier molecular flexibility index (Phi) is 6.53. The van der Waals surface area contributed by atoms with Gasteiger partial charge in [-0.3, -0.25) is 9.78 Å². The largest absolute Gasteiger partial charge is 0.458 e. The average molecular weight is 413 g/mol. The third kappa shape index (κ3) is 4.59. The number of thioether (sulfide) groups is 1. The quantitative estimate of drug-likeness (QED) is 0.311. The Hall–Kier alpha value is -2.87. The summed E-state index contributed by atoms with van der Waals surface area (Å²) >= 11 is 1.49. The highest BCUT2D eigenvalue weighted by atomic mass is 32.2. The van der Waals surface area contributed by atoms with E-state index in [9.17, 15) is 9.59 Å². The second kappa shape index (κ2) is 9.09. The van der Waals surface area contributed by atoms with E-state index in [1.54, 1.807) is 25.4 Å². The zero-order valence-corrected chi connectivity index (χ0v) is 17.5. The maximum Gasteiger partial charge on any atom is 0.337 e. The van der Waals surface area contributed by atoms with E-state index in [1.165, 1.54) is 17.8 Å². The van der Waals surface area contributed by atoms with Gasteiger partial charge in [-0.05, 0) is 24.5 Å². The molecular formula is C21H24N4O3S. The monoisotopic (exact) mass is 412 g/mol. The Morgan fingerprint density at radius 2 is 2.24 bits per heavy atom. The van der Waals surface area contributed by atoms with Crippen molar-refractivity contribution in [1.82, 2.24) is 15.0 Å². The Morgan fingerprint density at radius 1 is 1.45 bits per heavy atom. The Morgan fingerprint density at radius 3 is 2.90 bits per heavy atom. The lowest BCUT2D eigenvalue weighted by atomic mass is 9.83. The first kappa shape index (κ1) is 20.9. The molecule has 0 fully saturated rings. The van der Waals surface area contributed by atoms with Crippen LogP contribution in [0.15, 0.2) is 58.4 Å². The number of ether oxygens (including phenoxy) is 1. The number of anilines is 1. The van der Waals surface area contributed by atoms with Crippen molar-refractivity contribution in [2.24, 2.45) is 5.92 Å². The topological polar surface area (TPSA) is 97.0 Å². The summed E-state index contributed by atoms with van der Waals surface area (Å²) in [6, 6.07) is 3.61. The Labute approximate surface area is 173 Å². The van der Waals surface area contributed by atoms with Gasteiger partial charge >= 0.3 is 5.97 Å². The summed E-state index contributed by atoms with van der Waals surface area (Å²) in [5.74, 6) is 0.614. The number of nitrogens with one attached hydrogen (secondary N) is 2. The summed E-state index contributed by atoms with van der Waals surface area (Å²) in [4.78, 5) is 37.4. The van der Waals surface area contributed by atoms with Crippen molar-refractivity contribution < 1.29 is 9.53 Å². The number of aromatic nitrogens is 3. The third-order valence-corrected chi connectivity index (χ3v) is 5.64. The Bertz CT molecular complexity index is 999. The highest BCUT2D eigenvalue weighted by Crippen LogP contribution is 2.39. The van der Waals surface area contributed by atoms with Crippen LogP contribution in [0.2, 0.25) is 0 Å². The van der Waals surface area contributed by atoms with Crippen molar-refractivity contribution in [3.05, 3.63) is 69.9 Å².